The molecule has 4 heteroatoms. The fraction of sp³-hybridized carbons (Fsp3) is 0. The van der Waals surface area contributed by atoms with Crippen molar-refractivity contribution in [1.29, 1.82) is 0 Å². The zero-order valence-electron chi connectivity index (χ0n) is 2.32. The summed E-state index contributed by atoms with van der Waals surface area (Å²) in [6.45, 7) is 0. The van der Waals surface area contributed by atoms with Crippen LogP contribution in [0.3, 0.4) is 0 Å². The summed E-state index contributed by atoms with van der Waals surface area (Å²) in [6, 6.07) is 0. The number of hydrogen-bond acceptors (Lipinski definition) is 0. The molecule has 0 saturated heterocycles. The van der Waals surface area contributed by atoms with Gasteiger partial charge in [-0.05, 0) is 0 Å². The Morgan fingerprint density at radius 1 is 1.00 bits per heavy atom. The monoisotopic (exact) mass is 360 g/mol. The topological polar surface area (TPSA) is 0 Å². The first-order valence-electron chi connectivity index (χ1n) is 0. The van der Waals surface area contributed by atoms with Gasteiger partial charge in [0.2, 0.25) is 0 Å². The van der Waals surface area contributed by atoms with Crippen molar-refractivity contribution in [3.05, 3.63) is 0 Å². The van der Waals surface area contributed by atoms with Crippen molar-refractivity contribution in [3.8, 4) is 0 Å². The van der Waals surface area contributed by atoms with Crippen LogP contribution in [-0.4, -0.2) is 76.9 Å². The Morgan fingerprint density at radius 2 is 1.00 bits per heavy atom. The maximum atomic E-state index is 0. The van der Waals surface area contributed by atoms with Crippen molar-refractivity contribution in [2.75, 3.05) is 0 Å². The quantitative estimate of drug-likeness (QED) is 0.481. The summed E-state index contributed by atoms with van der Waals surface area (Å²) in [7, 11) is 0. The van der Waals surface area contributed by atoms with Gasteiger partial charge in [-0.3, -0.25) is 0 Å². The summed E-state index contributed by atoms with van der Waals surface area (Å²) in [5.41, 5.74) is 0. The molecule has 0 bridgehead atoms. The van der Waals surface area contributed by atoms with Gasteiger partial charge in [0, 0.05) is 104 Å². The van der Waals surface area contributed by atoms with Crippen LogP contribution in [0, 0.1) is 0 Å². The van der Waals surface area contributed by atoms with Gasteiger partial charge in [0.05, 0.1) is 0 Å². The molecule has 0 aliphatic heterocycles. The Kier molecular flexibility index (Phi) is 110. The second-order valence-electron chi connectivity index (χ2n) is 0. The van der Waals surface area contributed by atoms with Gasteiger partial charge in [-0.2, -0.15) is 0 Å². The second-order valence-corrected chi connectivity index (χ2v) is 0. The molecule has 0 spiro atoms. The molecule has 0 amide bonds. The van der Waals surface area contributed by atoms with E-state index in [2.05, 4.69) is 0 Å². The largest absolute Gasteiger partial charge is 0 e. The Bertz CT molecular complexity index is 8.00. The van der Waals surface area contributed by atoms with Gasteiger partial charge >= 0.3 is 0 Å². The second kappa shape index (κ2) is 16.3. The Hall–Kier alpha value is 3.23. The van der Waals surface area contributed by atoms with Crippen LogP contribution in [0.25, 0.3) is 0 Å². The van der Waals surface area contributed by atoms with Gasteiger partial charge in [-0.1, -0.05) is 0 Å². The van der Waals surface area contributed by atoms with E-state index in [9.17, 15) is 0 Å². The molecule has 0 aromatic rings. The molecule has 0 atom stereocenters. The Balaban J connectivity index is 0. The van der Waals surface area contributed by atoms with Crippen LogP contribution in [0.15, 0.2) is 0 Å². The standard InChI is InChI=1S/Ba.Cd.Se.Si. The van der Waals surface area contributed by atoms with E-state index in [1.165, 1.54) is 0 Å². The molecule has 0 aliphatic rings. The fourth-order valence-corrected chi connectivity index (χ4v) is 0. The minimum atomic E-state index is 0. The summed E-state index contributed by atoms with van der Waals surface area (Å²) in [5, 5.41) is 0. The van der Waals surface area contributed by atoms with Crippen LogP contribution in [-0.2, 0) is 27.3 Å². The third kappa shape index (κ3) is 8.97. The molecule has 0 aromatic heterocycles. The van der Waals surface area contributed by atoms with Crippen LogP contribution in [0.5, 0.6) is 0 Å². The number of rotatable bonds is 0. The van der Waals surface area contributed by atoms with Gasteiger partial charge in [-0.25, -0.2) is 0 Å². The molecule has 14 valence electrons. The van der Waals surface area contributed by atoms with E-state index in [-0.39, 0.29) is 104 Å². The minimum Gasteiger partial charge on any atom is 0 e. The molecule has 0 aliphatic carbocycles. The molecule has 4 heavy (non-hydrogen) atoms. The van der Waals surface area contributed by atoms with Gasteiger partial charge in [0.1, 0.15) is 0 Å². The molecule has 8 radical (unpaired) electrons. The molecular formula is BaCdSeSi. The van der Waals surface area contributed by atoms with Crippen LogP contribution >= 0.6 is 0 Å². The molecule has 0 N–H and O–H groups in total. The molecule has 0 unspecified atom stereocenters. The normalized spacial score (nSPS) is 0. The molecule has 0 rings (SSSR count). The summed E-state index contributed by atoms with van der Waals surface area (Å²) >= 11 is 0. The maximum Gasteiger partial charge on any atom is 0 e. The molecule has 0 aromatic carbocycles. The molecule has 0 heterocycles. The third-order valence-corrected chi connectivity index (χ3v) is 0. The van der Waals surface area contributed by atoms with Crippen LogP contribution in [0.2, 0.25) is 0 Å². The zero-order chi connectivity index (χ0) is 0. The van der Waals surface area contributed by atoms with Crippen LogP contribution in [0.4, 0.5) is 0 Å². The fourth-order valence-electron chi connectivity index (χ4n) is 0. The van der Waals surface area contributed by atoms with E-state index in [1.807, 2.05) is 0 Å². The predicted octanol–water partition coefficient (Wildman–Crippen LogP) is -1.14. The first-order chi connectivity index (χ1) is 0. The van der Waals surface area contributed by atoms with E-state index < -0.39 is 0 Å². The van der Waals surface area contributed by atoms with Gasteiger partial charge in [-0.15, -0.1) is 0 Å². The van der Waals surface area contributed by atoms with E-state index in [0.29, 0.717) is 0 Å². The van der Waals surface area contributed by atoms with Crippen molar-refractivity contribution in [2.45, 2.75) is 0 Å². The SMILES string of the molecule is [Ba].[Cd].[Se].[Si]. The van der Waals surface area contributed by atoms with E-state index in [0.717, 1.165) is 0 Å². The van der Waals surface area contributed by atoms with E-state index >= 15 is 0 Å². The average molecular weight is 357 g/mol. The Morgan fingerprint density at radius 3 is 1.00 bits per heavy atom. The molecule has 0 saturated carbocycles. The van der Waals surface area contributed by atoms with Crippen LogP contribution in [0.1, 0.15) is 0 Å². The molecule has 0 fully saturated rings. The van der Waals surface area contributed by atoms with E-state index in [1.54, 1.807) is 0 Å². The summed E-state index contributed by atoms with van der Waals surface area (Å²) in [4.78, 5) is 0. The van der Waals surface area contributed by atoms with Gasteiger partial charge in [0.15, 0.2) is 0 Å². The molecular weight excluding hydrogens is 357 g/mol. The summed E-state index contributed by atoms with van der Waals surface area (Å²) in [5.74, 6) is 0. The summed E-state index contributed by atoms with van der Waals surface area (Å²) < 4.78 is 0. The maximum absolute atomic E-state index is 0. The number of hydrogen-bond donors (Lipinski definition) is 0. The van der Waals surface area contributed by atoms with E-state index in [4.69, 9.17) is 0 Å². The van der Waals surface area contributed by atoms with Crippen molar-refractivity contribution in [2.24, 2.45) is 0 Å². The first-order valence-corrected chi connectivity index (χ1v) is 0. The summed E-state index contributed by atoms with van der Waals surface area (Å²) in [6.07, 6.45) is 0. The predicted molar refractivity (Wildman–Crippen MR) is 17.3 cm³/mol. The average Bonchev–Trinajstić information content (AvgIpc) is 0. The van der Waals surface area contributed by atoms with Crippen molar-refractivity contribution < 1.29 is 27.3 Å². The van der Waals surface area contributed by atoms with Crippen LogP contribution < -0.4 is 0 Å². The van der Waals surface area contributed by atoms with Crippen molar-refractivity contribution in [1.82, 2.24) is 0 Å². The third-order valence-electron chi connectivity index (χ3n) is 0. The van der Waals surface area contributed by atoms with Crippen molar-refractivity contribution >= 4 is 76.9 Å². The van der Waals surface area contributed by atoms with Gasteiger partial charge < -0.3 is 0 Å². The Labute approximate surface area is 102 Å². The molecule has 0 nitrogen and oxygen atoms in total. The minimum absolute atomic E-state index is 0. The zero-order valence-corrected chi connectivity index (χ0v) is 13.5. The first kappa shape index (κ1) is 26.9. The van der Waals surface area contributed by atoms with Gasteiger partial charge in [0.25, 0.3) is 0 Å². The van der Waals surface area contributed by atoms with Crippen molar-refractivity contribution in [3.63, 3.8) is 0 Å². The smallest absolute Gasteiger partial charge is 0 e.